The van der Waals surface area contributed by atoms with Gasteiger partial charge in [-0.2, -0.15) is 0 Å². The van der Waals surface area contributed by atoms with Gasteiger partial charge in [0.1, 0.15) is 5.82 Å². The van der Waals surface area contributed by atoms with Gasteiger partial charge in [-0.1, -0.05) is 22.0 Å². The van der Waals surface area contributed by atoms with Crippen LogP contribution in [0.15, 0.2) is 40.9 Å². The summed E-state index contributed by atoms with van der Waals surface area (Å²) in [6, 6.07) is 12.1. The van der Waals surface area contributed by atoms with E-state index >= 15 is 0 Å². The Morgan fingerprint density at radius 2 is 2.05 bits per heavy atom. The Labute approximate surface area is 137 Å². The monoisotopic (exact) mass is 363 g/mol. The van der Waals surface area contributed by atoms with Crippen molar-refractivity contribution in [2.24, 2.45) is 0 Å². The minimum atomic E-state index is -0.152. The van der Waals surface area contributed by atoms with Crippen molar-refractivity contribution in [1.82, 2.24) is 14.5 Å². The molecule has 0 radical (unpaired) electrons. The maximum atomic E-state index is 6.30. The summed E-state index contributed by atoms with van der Waals surface area (Å²) >= 11 is 9.79. The molecule has 0 saturated carbocycles. The van der Waals surface area contributed by atoms with Gasteiger partial charge in [-0.3, -0.25) is 4.98 Å². The SMILES string of the molecule is Cc1cccc(Cn2c(C(C)Cl)nc3cc(Br)ccc32)n1. The molecule has 0 saturated heterocycles. The lowest BCUT2D eigenvalue weighted by Gasteiger charge is -2.10. The first-order chi connectivity index (χ1) is 10.0. The predicted octanol–water partition coefficient (Wildman–Crippen LogP) is 4.85. The number of halogens is 2. The Hall–Kier alpha value is -1.39. The maximum Gasteiger partial charge on any atom is 0.128 e. The molecule has 0 amide bonds. The highest BCUT2D eigenvalue weighted by Gasteiger charge is 2.15. The Kier molecular flexibility index (Phi) is 4.00. The first kappa shape index (κ1) is 14.5. The van der Waals surface area contributed by atoms with E-state index in [-0.39, 0.29) is 5.38 Å². The molecule has 1 unspecified atom stereocenters. The second kappa shape index (κ2) is 5.78. The summed E-state index contributed by atoms with van der Waals surface area (Å²) < 4.78 is 3.16. The predicted molar refractivity (Wildman–Crippen MR) is 89.8 cm³/mol. The number of hydrogen-bond acceptors (Lipinski definition) is 2. The third-order valence-corrected chi connectivity index (χ3v) is 4.05. The van der Waals surface area contributed by atoms with Gasteiger partial charge in [0.05, 0.1) is 28.6 Å². The van der Waals surface area contributed by atoms with E-state index in [4.69, 9.17) is 11.6 Å². The average Bonchev–Trinajstić information content (AvgIpc) is 2.77. The summed E-state index contributed by atoms with van der Waals surface area (Å²) in [6.07, 6.45) is 0. The molecule has 0 spiro atoms. The van der Waals surface area contributed by atoms with Crippen LogP contribution in [-0.4, -0.2) is 14.5 Å². The first-order valence-corrected chi connectivity index (χ1v) is 8.00. The number of aryl methyl sites for hydroxylation is 1. The van der Waals surface area contributed by atoms with Gasteiger partial charge in [0.2, 0.25) is 0 Å². The molecular formula is C16H15BrClN3. The molecule has 0 bridgehead atoms. The van der Waals surface area contributed by atoms with Crippen LogP contribution in [0.25, 0.3) is 11.0 Å². The van der Waals surface area contributed by atoms with E-state index in [2.05, 4.69) is 36.5 Å². The van der Waals surface area contributed by atoms with Crippen molar-refractivity contribution in [2.45, 2.75) is 25.8 Å². The lowest BCUT2D eigenvalue weighted by molar-refractivity contribution is 0.725. The molecule has 21 heavy (non-hydrogen) atoms. The third-order valence-electron chi connectivity index (χ3n) is 3.36. The molecule has 0 fully saturated rings. The number of alkyl halides is 1. The number of aromatic nitrogens is 3. The molecule has 108 valence electrons. The Morgan fingerprint density at radius 3 is 2.76 bits per heavy atom. The molecule has 1 atom stereocenters. The van der Waals surface area contributed by atoms with Crippen LogP contribution in [0.4, 0.5) is 0 Å². The van der Waals surface area contributed by atoms with Crippen molar-refractivity contribution in [3.63, 3.8) is 0 Å². The van der Waals surface area contributed by atoms with Crippen molar-refractivity contribution >= 4 is 38.6 Å². The van der Waals surface area contributed by atoms with Gasteiger partial charge in [-0.05, 0) is 44.2 Å². The zero-order chi connectivity index (χ0) is 15.0. The molecule has 2 heterocycles. The molecule has 3 aromatic rings. The fourth-order valence-corrected chi connectivity index (χ4v) is 2.96. The Balaban J connectivity index is 2.13. The van der Waals surface area contributed by atoms with Crippen molar-refractivity contribution in [3.05, 3.63) is 58.1 Å². The zero-order valence-electron chi connectivity index (χ0n) is 11.8. The second-order valence-electron chi connectivity index (χ2n) is 5.08. The number of hydrogen-bond donors (Lipinski definition) is 0. The quantitative estimate of drug-likeness (QED) is 0.622. The van der Waals surface area contributed by atoms with Crippen LogP contribution < -0.4 is 0 Å². The highest BCUT2D eigenvalue weighted by Crippen LogP contribution is 2.27. The molecule has 2 aromatic heterocycles. The molecule has 3 nitrogen and oxygen atoms in total. The van der Waals surface area contributed by atoms with Gasteiger partial charge in [0, 0.05) is 10.2 Å². The standard InChI is InChI=1S/C16H15BrClN3/c1-10-4-3-5-13(19-10)9-21-15-7-6-12(17)8-14(15)20-16(21)11(2)18/h3-8,11H,9H2,1-2H3. The van der Waals surface area contributed by atoms with Crippen LogP contribution in [0.2, 0.25) is 0 Å². The Morgan fingerprint density at radius 1 is 1.24 bits per heavy atom. The molecule has 5 heteroatoms. The Bertz CT molecular complexity index is 795. The smallest absolute Gasteiger partial charge is 0.128 e. The van der Waals surface area contributed by atoms with E-state index in [9.17, 15) is 0 Å². The zero-order valence-corrected chi connectivity index (χ0v) is 14.2. The normalized spacial score (nSPS) is 12.8. The van der Waals surface area contributed by atoms with Gasteiger partial charge in [0.25, 0.3) is 0 Å². The fraction of sp³-hybridized carbons (Fsp3) is 0.250. The van der Waals surface area contributed by atoms with Gasteiger partial charge in [-0.15, -0.1) is 11.6 Å². The minimum absolute atomic E-state index is 0.152. The van der Waals surface area contributed by atoms with Crippen LogP contribution in [0, 0.1) is 6.92 Å². The summed E-state index contributed by atoms with van der Waals surface area (Å²) in [5.41, 5.74) is 4.04. The van der Waals surface area contributed by atoms with Crippen molar-refractivity contribution in [3.8, 4) is 0 Å². The summed E-state index contributed by atoms with van der Waals surface area (Å²) in [6.45, 7) is 4.61. The van der Waals surface area contributed by atoms with E-state index in [1.165, 1.54) is 0 Å². The van der Waals surface area contributed by atoms with Gasteiger partial charge >= 0.3 is 0 Å². The number of pyridine rings is 1. The highest BCUT2D eigenvalue weighted by atomic mass is 79.9. The van der Waals surface area contributed by atoms with Gasteiger partial charge < -0.3 is 4.57 Å². The summed E-state index contributed by atoms with van der Waals surface area (Å²) in [7, 11) is 0. The number of rotatable bonds is 3. The largest absolute Gasteiger partial charge is 0.321 e. The van der Waals surface area contributed by atoms with Crippen LogP contribution >= 0.6 is 27.5 Å². The first-order valence-electron chi connectivity index (χ1n) is 6.77. The van der Waals surface area contributed by atoms with Crippen molar-refractivity contribution in [1.29, 1.82) is 0 Å². The molecular weight excluding hydrogens is 350 g/mol. The van der Waals surface area contributed by atoms with E-state index in [1.54, 1.807) is 0 Å². The average molecular weight is 365 g/mol. The molecule has 3 rings (SSSR count). The number of benzene rings is 1. The molecule has 0 aliphatic heterocycles. The van der Waals surface area contributed by atoms with E-state index < -0.39 is 0 Å². The van der Waals surface area contributed by atoms with E-state index in [0.29, 0.717) is 6.54 Å². The topological polar surface area (TPSA) is 30.7 Å². The van der Waals surface area contributed by atoms with Gasteiger partial charge in [0.15, 0.2) is 0 Å². The summed E-state index contributed by atoms with van der Waals surface area (Å²) in [5, 5.41) is -0.152. The maximum absolute atomic E-state index is 6.30. The molecule has 0 aliphatic rings. The van der Waals surface area contributed by atoms with Crippen molar-refractivity contribution in [2.75, 3.05) is 0 Å². The number of nitrogens with zero attached hydrogens (tertiary/aromatic N) is 3. The molecule has 0 aliphatic carbocycles. The molecule has 0 N–H and O–H groups in total. The van der Waals surface area contributed by atoms with E-state index in [1.807, 2.05) is 44.2 Å². The van der Waals surface area contributed by atoms with E-state index in [0.717, 1.165) is 32.7 Å². The number of fused-ring (bicyclic) bond motifs is 1. The molecule has 1 aromatic carbocycles. The van der Waals surface area contributed by atoms with Crippen LogP contribution in [-0.2, 0) is 6.54 Å². The van der Waals surface area contributed by atoms with Crippen LogP contribution in [0.1, 0.15) is 29.5 Å². The second-order valence-corrected chi connectivity index (χ2v) is 6.65. The lowest BCUT2D eigenvalue weighted by Crippen LogP contribution is -2.07. The third kappa shape index (κ3) is 2.97. The highest BCUT2D eigenvalue weighted by molar-refractivity contribution is 9.10. The van der Waals surface area contributed by atoms with Crippen LogP contribution in [0.5, 0.6) is 0 Å². The minimum Gasteiger partial charge on any atom is -0.321 e. The fourth-order valence-electron chi connectivity index (χ4n) is 2.44. The number of imidazole rings is 1. The van der Waals surface area contributed by atoms with Crippen molar-refractivity contribution < 1.29 is 0 Å². The summed E-state index contributed by atoms with van der Waals surface area (Å²) in [5.74, 6) is 0.869. The lowest BCUT2D eigenvalue weighted by atomic mass is 10.3. The van der Waals surface area contributed by atoms with Gasteiger partial charge in [-0.25, -0.2) is 4.98 Å². The summed E-state index contributed by atoms with van der Waals surface area (Å²) in [4.78, 5) is 9.24. The van der Waals surface area contributed by atoms with Crippen LogP contribution in [0.3, 0.4) is 0 Å².